The van der Waals surface area contributed by atoms with Crippen LogP contribution in [0.4, 0.5) is 19.0 Å². The maximum atomic E-state index is 13.4. The van der Waals surface area contributed by atoms with Gasteiger partial charge in [0.05, 0.1) is 17.1 Å². The standard InChI is InChI=1S/C39H29F3N4O3/c40-39(41,42)30-19-15-25(16-20-30)31-13-7-8-14-32(31)38(49)46-35-22-18-28-23-29(17-21-33(28)44-35)37(48)45-34(26-9-3-1-4-10-26)24-43-36(47)27-11-5-2-6-12-27/h1-23,34H,24H2,(H,43,47)(H,45,48)(H,44,46,49)/t34-/m1/s1. The molecule has 7 nitrogen and oxygen atoms in total. The van der Waals surface area contributed by atoms with E-state index in [1.165, 1.54) is 12.1 Å². The van der Waals surface area contributed by atoms with Gasteiger partial charge in [-0.1, -0.05) is 78.9 Å². The number of benzene rings is 5. The van der Waals surface area contributed by atoms with Crippen LogP contribution in [0.2, 0.25) is 0 Å². The first-order chi connectivity index (χ1) is 23.7. The predicted molar refractivity (Wildman–Crippen MR) is 182 cm³/mol. The number of halogens is 3. The van der Waals surface area contributed by atoms with E-state index in [9.17, 15) is 27.6 Å². The van der Waals surface area contributed by atoms with Crippen molar-refractivity contribution < 1.29 is 27.6 Å². The quantitative estimate of drug-likeness (QED) is 0.146. The molecule has 0 unspecified atom stereocenters. The number of rotatable bonds is 9. The smallest absolute Gasteiger partial charge is 0.350 e. The Labute approximate surface area is 279 Å². The van der Waals surface area contributed by atoms with Crippen LogP contribution in [0.5, 0.6) is 0 Å². The molecular formula is C39H29F3N4O3. The van der Waals surface area contributed by atoms with Crippen molar-refractivity contribution in [2.24, 2.45) is 0 Å². The normalized spacial score (nSPS) is 11.8. The molecule has 1 aromatic heterocycles. The highest BCUT2D eigenvalue weighted by atomic mass is 19.4. The first-order valence-corrected chi connectivity index (χ1v) is 15.3. The van der Waals surface area contributed by atoms with E-state index in [1.807, 2.05) is 36.4 Å². The molecule has 10 heteroatoms. The molecule has 0 saturated heterocycles. The van der Waals surface area contributed by atoms with Crippen LogP contribution in [-0.2, 0) is 6.18 Å². The summed E-state index contributed by atoms with van der Waals surface area (Å²) < 4.78 is 39.2. The third-order valence-electron chi connectivity index (χ3n) is 7.90. The number of anilines is 1. The molecule has 0 bridgehead atoms. The van der Waals surface area contributed by atoms with Crippen LogP contribution in [0.3, 0.4) is 0 Å². The molecule has 0 saturated carbocycles. The molecular weight excluding hydrogens is 629 g/mol. The number of alkyl halides is 3. The van der Waals surface area contributed by atoms with E-state index in [2.05, 4.69) is 20.9 Å². The maximum Gasteiger partial charge on any atom is 0.416 e. The molecule has 49 heavy (non-hydrogen) atoms. The molecule has 0 aliphatic heterocycles. The second-order valence-corrected chi connectivity index (χ2v) is 11.2. The molecule has 0 aliphatic carbocycles. The third-order valence-corrected chi connectivity index (χ3v) is 7.90. The number of pyridine rings is 1. The second kappa shape index (κ2) is 14.2. The largest absolute Gasteiger partial charge is 0.416 e. The zero-order valence-electron chi connectivity index (χ0n) is 25.9. The summed E-state index contributed by atoms with van der Waals surface area (Å²) in [4.78, 5) is 43.9. The van der Waals surface area contributed by atoms with Gasteiger partial charge in [-0.15, -0.1) is 0 Å². The maximum absolute atomic E-state index is 13.4. The molecule has 3 amide bonds. The molecule has 6 aromatic rings. The van der Waals surface area contributed by atoms with Crippen molar-refractivity contribution >= 4 is 34.4 Å². The van der Waals surface area contributed by atoms with Gasteiger partial charge in [-0.05, 0) is 77.4 Å². The Balaban J connectivity index is 1.16. The van der Waals surface area contributed by atoms with Crippen LogP contribution >= 0.6 is 0 Å². The monoisotopic (exact) mass is 658 g/mol. The van der Waals surface area contributed by atoms with Crippen molar-refractivity contribution in [2.75, 3.05) is 11.9 Å². The Morgan fingerprint density at radius 3 is 2.04 bits per heavy atom. The Hall–Kier alpha value is -6.29. The van der Waals surface area contributed by atoms with Gasteiger partial charge in [0.25, 0.3) is 17.7 Å². The Bertz CT molecular complexity index is 2120. The number of nitrogens with one attached hydrogen (secondary N) is 3. The van der Waals surface area contributed by atoms with E-state index >= 15 is 0 Å². The van der Waals surface area contributed by atoms with Gasteiger partial charge in [0, 0.05) is 28.6 Å². The highest BCUT2D eigenvalue weighted by Crippen LogP contribution is 2.32. The number of amides is 3. The fourth-order valence-corrected chi connectivity index (χ4v) is 5.36. The molecule has 0 fully saturated rings. The number of aromatic nitrogens is 1. The minimum Gasteiger partial charge on any atom is -0.350 e. The molecule has 0 aliphatic rings. The van der Waals surface area contributed by atoms with Crippen LogP contribution in [-0.4, -0.2) is 29.3 Å². The van der Waals surface area contributed by atoms with Crippen LogP contribution in [0.1, 0.15) is 48.2 Å². The van der Waals surface area contributed by atoms with Crippen molar-refractivity contribution in [3.8, 4) is 11.1 Å². The van der Waals surface area contributed by atoms with E-state index < -0.39 is 23.7 Å². The zero-order chi connectivity index (χ0) is 34.4. The summed E-state index contributed by atoms with van der Waals surface area (Å²) >= 11 is 0. The van der Waals surface area contributed by atoms with Crippen LogP contribution in [0.15, 0.2) is 140 Å². The summed E-state index contributed by atoms with van der Waals surface area (Å²) in [5.74, 6) is -0.819. The Morgan fingerprint density at radius 2 is 1.33 bits per heavy atom. The molecule has 5 aromatic carbocycles. The first kappa shape index (κ1) is 32.6. The van der Waals surface area contributed by atoms with Gasteiger partial charge in [0.2, 0.25) is 0 Å². The molecule has 3 N–H and O–H groups in total. The second-order valence-electron chi connectivity index (χ2n) is 11.2. The third kappa shape index (κ3) is 7.82. The lowest BCUT2D eigenvalue weighted by molar-refractivity contribution is -0.137. The number of hydrogen-bond acceptors (Lipinski definition) is 4. The summed E-state index contributed by atoms with van der Waals surface area (Å²) in [7, 11) is 0. The Morgan fingerprint density at radius 1 is 0.653 bits per heavy atom. The zero-order valence-corrected chi connectivity index (χ0v) is 25.9. The van der Waals surface area contributed by atoms with E-state index in [0.29, 0.717) is 33.2 Å². The van der Waals surface area contributed by atoms with Crippen LogP contribution < -0.4 is 16.0 Å². The van der Waals surface area contributed by atoms with Gasteiger partial charge < -0.3 is 16.0 Å². The number of hydrogen-bond donors (Lipinski definition) is 3. The minimum absolute atomic E-state index is 0.170. The van der Waals surface area contributed by atoms with Crippen molar-refractivity contribution in [1.29, 1.82) is 0 Å². The van der Waals surface area contributed by atoms with E-state index in [1.54, 1.807) is 78.9 Å². The minimum atomic E-state index is -4.46. The lowest BCUT2D eigenvalue weighted by Gasteiger charge is -2.20. The molecule has 1 heterocycles. The number of nitrogens with zero attached hydrogens (tertiary/aromatic N) is 1. The van der Waals surface area contributed by atoms with Crippen molar-refractivity contribution in [1.82, 2.24) is 15.6 Å². The Kier molecular flexibility index (Phi) is 9.48. The summed E-state index contributed by atoms with van der Waals surface area (Å²) in [6.45, 7) is 0.170. The van der Waals surface area contributed by atoms with Gasteiger partial charge in [-0.25, -0.2) is 4.98 Å². The fraction of sp³-hybridized carbons (Fsp3) is 0.0769. The highest BCUT2D eigenvalue weighted by molar-refractivity contribution is 6.08. The van der Waals surface area contributed by atoms with Gasteiger partial charge in [0.15, 0.2) is 0 Å². The van der Waals surface area contributed by atoms with Crippen molar-refractivity contribution in [3.05, 3.63) is 167 Å². The fourth-order valence-electron chi connectivity index (χ4n) is 5.36. The van der Waals surface area contributed by atoms with E-state index in [0.717, 1.165) is 17.7 Å². The van der Waals surface area contributed by atoms with Gasteiger partial charge >= 0.3 is 6.18 Å². The molecule has 1 atom stereocenters. The van der Waals surface area contributed by atoms with Gasteiger partial charge in [-0.3, -0.25) is 14.4 Å². The average molecular weight is 659 g/mol. The number of carbonyl (C=O) groups is 3. The summed E-state index contributed by atoms with van der Waals surface area (Å²) in [6.07, 6.45) is -4.46. The van der Waals surface area contributed by atoms with Crippen LogP contribution in [0, 0.1) is 0 Å². The van der Waals surface area contributed by atoms with E-state index in [4.69, 9.17) is 0 Å². The summed E-state index contributed by atoms with van der Waals surface area (Å²) in [5, 5.41) is 9.34. The number of fused-ring (bicyclic) bond motifs is 1. The molecule has 244 valence electrons. The van der Waals surface area contributed by atoms with Gasteiger partial charge in [-0.2, -0.15) is 13.2 Å². The van der Waals surface area contributed by atoms with Crippen molar-refractivity contribution in [3.63, 3.8) is 0 Å². The molecule has 0 spiro atoms. The predicted octanol–water partition coefficient (Wildman–Crippen LogP) is 8.07. The van der Waals surface area contributed by atoms with Crippen LogP contribution in [0.25, 0.3) is 22.0 Å². The topological polar surface area (TPSA) is 100 Å². The summed E-state index contributed by atoms with van der Waals surface area (Å²) in [5.41, 5.74) is 2.68. The lowest BCUT2D eigenvalue weighted by atomic mass is 9.98. The lowest BCUT2D eigenvalue weighted by Crippen LogP contribution is -2.38. The van der Waals surface area contributed by atoms with E-state index in [-0.39, 0.29) is 29.7 Å². The molecule has 6 rings (SSSR count). The van der Waals surface area contributed by atoms with Gasteiger partial charge in [0.1, 0.15) is 5.82 Å². The number of carbonyl (C=O) groups excluding carboxylic acids is 3. The van der Waals surface area contributed by atoms with Crippen molar-refractivity contribution in [2.45, 2.75) is 12.2 Å². The highest BCUT2D eigenvalue weighted by Gasteiger charge is 2.30. The summed E-state index contributed by atoms with van der Waals surface area (Å²) in [6, 6.07) is 37.2. The SMILES string of the molecule is O=C(NC[C@@H](NC(=O)c1ccc2nc(NC(=O)c3ccccc3-c3ccc(C(F)(F)F)cc3)ccc2c1)c1ccccc1)c1ccccc1. The molecule has 0 radical (unpaired) electrons. The first-order valence-electron chi connectivity index (χ1n) is 15.3. The average Bonchev–Trinajstić information content (AvgIpc) is 3.13.